The molecule has 0 radical (unpaired) electrons. The van der Waals surface area contributed by atoms with Gasteiger partial charge < -0.3 is 4.43 Å². The van der Waals surface area contributed by atoms with Crippen LogP contribution in [0.3, 0.4) is 0 Å². The van der Waals surface area contributed by atoms with Gasteiger partial charge >= 0.3 is 0 Å². The second-order valence-electron chi connectivity index (χ2n) is 5.29. The Kier molecular flexibility index (Phi) is 8.44. The van der Waals surface area contributed by atoms with Crippen LogP contribution in [0.15, 0.2) is 0 Å². The van der Waals surface area contributed by atoms with Crippen LogP contribution >= 0.6 is 0 Å². The zero-order chi connectivity index (χ0) is 11.7. The lowest BCUT2D eigenvalue weighted by atomic mass is 10.0. The van der Waals surface area contributed by atoms with Crippen molar-refractivity contribution in [1.29, 1.82) is 0 Å². The monoisotopic (exact) mass is 230 g/mol. The van der Waals surface area contributed by atoms with E-state index in [1.54, 1.807) is 0 Å². The number of unbranched alkanes of at least 4 members (excludes halogenated alkanes) is 3. The van der Waals surface area contributed by atoms with Crippen LogP contribution < -0.4 is 0 Å². The minimum absolute atomic E-state index is 0.906. The van der Waals surface area contributed by atoms with E-state index in [0.717, 1.165) is 5.92 Å². The Bertz CT molecular complexity index is 145. The minimum Gasteiger partial charge on any atom is -0.420 e. The highest BCUT2D eigenvalue weighted by Gasteiger charge is 2.24. The standard InChI is InChI=1S/C13H30OSi/c1-6-8-9-10-11-13(7-2)12-15(4,5)14-3/h13H,6-12H2,1-5H3. The quantitative estimate of drug-likeness (QED) is 0.407. The second kappa shape index (κ2) is 8.34. The third-order valence-corrected chi connectivity index (χ3v) is 6.04. The molecule has 1 nitrogen and oxygen atoms in total. The predicted octanol–water partition coefficient (Wildman–Crippen LogP) is 4.83. The molecule has 0 saturated carbocycles. The first-order valence-electron chi connectivity index (χ1n) is 6.60. The Balaban J connectivity index is 3.72. The summed E-state index contributed by atoms with van der Waals surface area (Å²) >= 11 is 0. The molecule has 0 saturated heterocycles. The molecule has 2 heteroatoms. The van der Waals surface area contributed by atoms with Gasteiger partial charge in [0.2, 0.25) is 0 Å². The summed E-state index contributed by atoms with van der Waals surface area (Å²) in [5.74, 6) is 0.906. The summed E-state index contributed by atoms with van der Waals surface area (Å²) in [4.78, 5) is 0. The van der Waals surface area contributed by atoms with E-state index in [-0.39, 0.29) is 0 Å². The molecule has 0 rings (SSSR count). The summed E-state index contributed by atoms with van der Waals surface area (Å²) in [6, 6.07) is 1.34. The van der Waals surface area contributed by atoms with Crippen LogP contribution in [0.1, 0.15) is 52.4 Å². The smallest absolute Gasteiger partial charge is 0.186 e. The van der Waals surface area contributed by atoms with E-state index in [1.807, 2.05) is 7.11 Å². The lowest BCUT2D eigenvalue weighted by Gasteiger charge is -2.25. The van der Waals surface area contributed by atoms with E-state index < -0.39 is 8.32 Å². The molecule has 0 aromatic rings. The van der Waals surface area contributed by atoms with Crippen molar-refractivity contribution >= 4 is 8.32 Å². The average molecular weight is 230 g/mol. The van der Waals surface area contributed by atoms with Crippen LogP contribution in [0.2, 0.25) is 19.1 Å². The molecule has 0 aromatic heterocycles. The SMILES string of the molecule is CCCCCCC(CC)C[Si](C)(C)OC. The maximum atomic E-state index is 5.64. The summed E-state index contributed by atoms with van der Waals surface area (Å²) in [7, 11) is 0.555. The lowest BCUT2D eigenvalue weighted by Crippen LogP contribution is -2.31. The van der Waals surface area contributed by atoms with E-state index in [0.29, 0.717) is 0 Å². The third-order valence-electron chi connectivity index (χ3n) is 3.38. The van der Waals surface area contributed by atoms with Gasteiger partial charge in [-0.15, -0.1) is 0 Å². The van der Waals surface area contributed by atoms with Gasteiger partial charge in [0, 0.05) is 7.11 Å². The fourth-order valence-electron chi connectivity index (χ4n) is 2.09. The highest BCUT2D eigenvalue weighted by atomic mass is 28.4. The largest absolute Gasteiger partial charge is 0.420 e. The topological polar surface area (TPSA) is 9.23 Å². The molecule has 0 heterocycles. The first kappa shape index (κ1) is 15.2. The van der Waals surface area contributed by atoms with Crippen molar-refractivity contribution in [2.75, 3.05) is 7.11 Å². The van der Waals surface area contributed by atoms with Gasteiger partial charge in [-0.05, 0) is 25.1 Å². The van der Waals surface area contributed by atoms with Crippen molar-refractivity contribution in [3.63, 3.8) is 0 Å². The summed E-state index contributed by atoms with van der Waals surface area (Å²) in [6.45, 7) is 9.27. The Labute approximate surface area is 97.7 Å². The first-order chi connectivity index (χ1) is 7.05. The Morgan fingerprint density at radius 2 is 1.73 bits per heavy atom. The van der Waals surface area contributed by atoms with Gasteiger partial charge in [-0.25, -0.2) is 0 Å². The van der Waals surface area contributed by atoms with Crippen LogP contribution in [-0.2, 0) is 4.43 Å². The van der Waals surface area contributed by atoms with E-state index in [2.05, 4.69) is 26.9 Å². The number of rotatable bonds is 9. The molecule has 15 heavy (non-hydrogen) atoms. The molecular weight excluding hydrogens is 200 g/mol. The molecule has 0 N–H and O–H groups in total. The van der Waals surface area contributed by atoms with Gasteiger partial charge in [0.15, 0.2) is 8.32 Å². The van der Waals surface area contributed by atoms with Crippen molar-refractivity contribution in [2.24, 2.45) is 5.92 Å². The molecule has 0 bridgehead atoms. The average Bonchev–Trinajstić information content (AvgIpc) is 2.22. The normalized spacial score (nSPS) is 14.2. The zero-order valence-corrected chi connectivity index (χ0v) is 12.4. The second-order valence-corrected chi connectivity index (χ2v) is 9.63. The van der Waals surface area contributed by atoms with E-state index in [9.17, 15) is 0 Å². The Morgan fingerprint density at radius 3 is 2.20 bits per heavy atom. The maximum absolute atomic E-state index is 5.64. The highest BCUT2D eigenvalue weighted by molar-refractivity contribution is 6.71. The van der Waals surface area contributed by atoms with Gasteiger partial charge in [0.1, 0.15) is 0 Å². The summed E-state index contributed by atoms with van der Waals surface area (Å²) in [5, 5.41) is 0. The van der Waals surface area contributed by atoms with Gasteiger partial charge in [-0.2, -0.15) is 0 Å². The molecule has 0 aromatic carbocycles. The summed E-state index contributed by atoms with van der Waals surface area (Å²) < 4.78 is 5.64. The summed E-state index contributed by atoms with van der Waals surface area (Å²) in [5.41, 5.74) is 0. The molecule has 0 aliphatic rings. The lowest BCUT2D eigenvalue weighted by molar-refractivity contribution is 0.379. The van der Waals surface area contributed by atoms with E-state index in [1.165, 1.54) is 44.6 Å². The van der Waals surface area contributed by atoms with Crippen molar-refractivity contribution in [3.05, 3.63) is 0 Å². The third kappa shape index (κ3) is 8.03. The van der Waals surface area contributed by atoms with Gasteiger partial charge in [-0.1, -0.05) is 52.4 Å². The summed E-state index contributed by atoms with van der Waals surface area (Å²) in [6.07, 6.45) is 8.32. The number of hydrogen-bond acceptors (Lipinski definition) is 1. The number of hydrogen-bond donors (Lipinski definition) is 0. The molecule has 0 aliphatic heterocycles. The molecule has 1 unspecified atom stereocenters. The zero-order valence-electron chi connectivity index (χ0n) is 11.4. The van der Waals surface area contributed by atoms with Crippen molar-refractivity contribution in [1.82, 2.24) is 0 Å². The fraction of sp³-hybridized carbons (Fsp3) is 1.00. The Hall–Kier alpha value is 0.177. The van der Waals surface area contributed by atoms with Crippen LogP contribution in [0.25, 0.3) is 0 Å². The van der Waals surface area contributed by atoms with Crippen molar-refractivity contribution in [3.8, 4) is 0 Å². The molecular formula is C13H30OSi. The van der Waals surface area contributed by atoms with Crippen LogP contribution in [0.4, 0.5) is 0 Å². The first-order valence-corrected chi connectivity index (χ1v) is 9.72. The van der Waals surface area contributed by atoms with Crippen LogP contribution in [-0.4, -0.2) is 15.4 Å². The predicted molar refractivity (Wildman–Crippen MR) is 71.8 cm³/mol. The van der Waals surface area contributed by atoms with Gasteiger partial charge in [0.05, 0.1) is 0 Å². The van der Waals surface area contributed by atoms with E-state index in [4.69, 9.17) is 4.43 Å². The molecule has 0 amide bonds. The van der Waals surface area contributed by atoms with Gasteiger partial charge in [0.25, 0.3) is 0 Å². The molecule has 0 aliphatic carbocycles. The van der Waals surface area contributed by atoms with Crippen molar-refractivity contribution < 1.29 is 4.43 Å². The van der Waals surface area contributed by atoms with Crippen LogP contribution in [0, 0.1) is 5.92 Å². The molecule has 92 valence electrons. The minimum atomic E-state index is -1.33. The highest BCUT2D eigenvalue weighted by Crippen LogP contribution is 2.25. The fourth-order valence-corrected chi connectivity index (χ4v) is 4.14. The molecule has 1 atom stereocenters. The van der Waals surface area contributed by atoms with Gasteiger partial charge in [-0.3, -0.25) is 0 Å². The maximum Gasteiger partial charge on any atom is 0.186 e. The van der Waals surface area contributed by atoms with Crippen molar-refractivity contribution in [2.45, 2.75) is 71.5 Å². The van der Waals surface area contributed by atoms with Crippen LogP contribution in [0.5, 0.6) is 0 Å². The molecule has 0 fully saturated rings. The Morgan fingerprint density at radius 1 is 1.07 bits per heavy atom. The van der Waals surface area contributed by atoms with E-state index >= 15 is 0 Å². The molecule has 0 spiro atoms.